The van der Waals surface area contributed by atoms with Gasteiger partial charge in [0.2, 0.25) is 0 Å². The van der Waals surface area contributed by atoms with E-state index in [2.05, 4.69) is 6.92 Å². The van der Waals surface area contributed by atoms with Gasteiger partial charge in [0.1, 0.15) is 5.78 Å². The molecule has 2 nitrogen and oxygen atoms in total. The number of benzene rings is 1. The molecule has 0 amide bonds. The van der Waals surface area contributed by atoms with E-state index in [1.54, 1.807) is 0 Å². The quantitative estimate of drug-likeness (QED) is 0.701. The molecule has 1 atom stereocenters. The van der Waals surface area contributed by atoms with Crippen LogP contribution in [-0.4, -0.2) is 11.8 Å². The first-order valence-corrected chi connectivity index (χ1v) is 6.56. The van der Waals surface area contributed by atoms with Gasteiger partial charge in [-0.3, -0.25) is 4.79 Å². The lowest BCUT2D eigenvalue weighted by atomic mass is 9.99. The van der Waals surface area contributed by atoms with Gasteiger partial charge in [-0.25, -0.2) is 0 Å². The Kier molecular flexibility index (Phi) is 6.56. The van der Waals surface area contributed by atoms with E-state index in [-0.39, 0.29) is 11.8 Å². The average molecular weight is 233 g/mol. The lowest BCUT2D eigenvalue weighted by molar-refractivity contribution is -0.120. The first-order chi connectivity index (χ1) is 8.24. The largest absolute Gasteiger partial charge is 0.321 e. The van der Waals surface area contributed by atoms with Gasteiger partial charge in [-0.15, -0.1) is 0 Å². The molecule has 0 aromatic heterocycles. The number of carbonyl (C=O) groups is 1. The van der Waals surface area contributed by atoms with Crippen molar-refractivity contribution in [3.63, 3.8) is 0 Å². The third kappa shape index (κ3) is 5.64. The van der Waals surface area contributed by atoms with E-state index in [0.29, 0.717) is 12.8 Å². The normalized spacial score (nSPS) is 12.4. The molecule has 94 valence electrons. The van der Waals surface area contributed by atoms with Crippen molar-refractivity contribution in [2.75, 3.05) is 0 Å². The van der Waals surface area contributed by atoms with Crippen molar-refractivity contribution in [2.45, 2.75) is 51.5 Å². The monoisotopic (exact) mass is 233 g/mol. The Hall–Kier alpha value is -1.15. The number of carbonyl (C=O) groups excluding carboxylic acids is 1. The summed E-state index contributed by atoms with van der Waals surface area (Å²) in [6, 6.07) is 9.64. The fourth-order valence-electron chi connectivity index (χ4n) is 1.89. The highest BCUT2D eigenvalue weighted by atomic mass is 16.1. The number of hydrogen-bond acceptors (Lipinski definition) is 2. The Morgan fingerprint density at radius 1 is 1.18 bits per heavy atom. The van der Waals surface area contributed by atoms with Crippen molar-refractivity contribution in [1.82, 2.24) is 0 Å². The molecule has 0 saturated heterocycles. The standard InChI is InChI=1S/C15H23NO/c1-2-3-4-8-11-15(17)14(16)12-13-9-6-5-7-10-13/h5-7,9-10,14H,2-4,8,11-12,16H2,1H3/t14-/m1/s1. The number of Topliss-reactive ketones (excluding diaryl/α,β-unsaturated/α-hetero) is 1. The Morgan fingerprint density at radius 2 is 1.88 bits per heavy atom. The molecule has 0 radical (unpaired) electrons. The van der Waals surface area contributed by atoms with Gasteiger partial charge in [0.25, 0.3) is 0 Å². The zero-order valence-electron chi connectivity index (χ0n) is 10.7. The van der Waals surface area contributed by atoms with Crippen LogP contribution in [0, 0.1) is 0 Å². The molecule has 0 spiro atoms. The van der Waals surface area contributed by atoms with E-state index in [1.165, 1.54) is 12.8 Å². The second-order valence-corrected chi connectivity index (χ2v) is 4.57. The molecule has 1 aromatic rings. The van der Waals surface area contributed by atoms with Crippen molar-refractivity contribution in [1.29, 1.82) is 0 Å². The van der Waals surface area contributed by atoms with E-state index in [0.717, 1.165) is 18.4 Å². The molecule has 0 heterocycles. The second-order valence-electron chi connectivity index (χ2n) is 4.57. The molecular weight excluding hydrogens is 210 g/mol. The summed E-state index contributed by atoms with van der Waals surface area (Å²) in [5.74, 6) is 0.199. The van der Waals surface area contributed by atoms with E-state index in [9.17, 15) is 4.79 Å². The first kappa shape index (κ1) is 13.9. The van der Waals surface area contributed by atoms with Crippen LogP contribution in [0.1, 0.15) is 44.6 Å². The molecule has 1 rings (SSSR count). The van der Waals surface area contributed by atoms with Crippen molar-refractivity contribution in [3.8, 4) is 0 Å². The molecule has 0 fully saturated rings. The summed E-state index contributed by atoms with van der Waals surface area (Å²) in [5, 5.41) is 0. The smallest absolute Gasteiger partial charge is 0.149 e. The summed E-state index contributed by atoms with van der Waals surface area (Å²) < 4.78 is 0. The van der Waals surface area contributed by atoms with E-state index in [4.69, 9.17) is 5.73 Å². The van der Waals surface area contributed by atoms with Gasteiger partial charge in [0.05, 0.1) is 6.04 Å². The number of hydrogen-bond donors (Lipinski definition) is 1. The molecule has 0 unspecified atom stereocenters. The first-order valence-electron chi connectivity index (χ1n) is 6.56. The van der Waals surface area contributed by atoms with Crippen LogP contribution in [0.25, 0.3) is 0 Å². The Labute approximate surface area is 104 Å². The number of unbranched alkanes of at least 4 members (excludes halogenated alkanes) is 3. The average Bonchev–Trinajstić information content (AvgIpc) is 2.35. The molecule has 0 saturated carbocycles. The third-order valence-electron chi connectivity index (χ3n) is 2.99. The summed E-state index contributed by atoms with van der Waals surface area (Å²) in [6.45, 7) is 2.17. The number of ketones is 1. The molecule has 17 heavy (non-hydrogen) atoms. The summed E-state index contributed by atoms with van der Waals surface area (Å²) in [4.78, 5) is 11.8. The Balaban J connectivity index is 2.27. The highest BCUT2D eigenvalue weighted by molar-refractivity contribution is 5.84. The lowest BCUT2D eigenvalue weighted by Gasteiger charge is -2.10. The SMILES string of the molecule is CCCCCCC(=O)[C@H](N)Cc1ccccc1. The van der Waals surface area contributed by atoms with Crippen molar-refractivity contribution in [3.05, 3.63) is 35.9 Å². The van der Waals surface area contributed by atoms with Gasteiger partial charge >= 0.3 is 0 Å². The fourth-order valence-corrected chi connectivity index (χ4v) is 1.89. The van der Waals surface area contributed by atoms with Crippen LogP contribution in [-0.2, 0) is 11.2 Å². The van der Waals surface area contributed by atoms with Gasteiger partial charge in [-0.05, 0) is 18.4 Å². The summed E-state index contributed by atoms with van der Waals surface area (Å²) in [6.07, 6.45) is 5.82. The van der Waals surface area contributed by atoms with Crippen LogP contribution in [0.3, 0.4) is 0 Å². The minimum Gasteiger partial charge on any atom is -0.321 e. The van der Waals surface area contributed by atoms with Crippen molar-refractivity contribution >= 4 is 5.78 Å². The topological polar surface area (TPSA) is 43.1 Å². The van der Waals surface area contributed by atoms with Gasteiger partial charge in [-0.1, -0.05) is 56.5 Å². The fraction of sp³-hybridized carbons (Fsp3) is 0.533. The predicted molar refractivity (Wildman–Crippen MR) is 71.9 cm³/mol. The molecule has 0 bridgehead atoms. The maximum Gasteiger partial charge on any atom is 0.149 e. The molecule has 1 aromatic carbocycles. The minimum atomic E-state index is -0.334. The van der Waals surface area contributed by atoms with Gasteiger partial charge in [0.15, 0.2) is 0 Å². The molecule has 0 aliphatic carbocycles. The molecule has 2 heteroatoms. The van der Waals surface area contributed by atoms with Gasteiger partial charge in [-0.2, -0.15) is 0 Å². The zero-order valence-corrected chi connectivity index (χ0v) is 10.7. The Bertz CT molecular complexity index is 321. The van der Waals surface area contributed by atoms with Crippen LogP contribution >= 0.6 is 0 Å². The third-order valence-corrected chi connectivity index (χ3v) is 2.99. The molecular formula is C15H23NO. The van der Waals surface area contributed by atoms with Crippen LogP contribution in [0.2, 0.25) is 0 Å². The van der Waals surface area contributed by atoms with E-state index < -0.39 is 0 Å². The minimum absolute atomic E-state index is 0.199. The molecule has 0 aliphatic heterocycles. The highest BCUT2D eigenvalue weighted by Gasteiger charge is 2.13. The van der Waals surface area contributed by atoms with Crippen LogP contribution in [0.4, 0.5) is 0 Å². The summed E-state index contributed by atoms with van der Waals surface area (Å²) in [7, 11) is 0. The van der Waals surface area contributed by atoms with Crippen molar-refractivity contribution in [2.24, 2.45) is 5.73 Å². The second kappa shape index (κ2) is 8.02. The van der Waals surface area contributed by atoms with Gasteiger partial charge in [0, 0.05) is 6.42 Å². The van der Waals surface area contributed by atoms with Gasteiger partial charge < -0.3 is 5.73 Å². The van der Waals surface area contributed by atoms with E-state index in [1.807, 2.05) is 30.3 Å². The lowest BCUT2D eigenvalue weighted by Crippen LogP contribution is -2.32. The summed E-state index contributed by atoms with van der Waals surface area (Å²) >= 11 is 0. The zero-order chi connectivity index (χ0) is 12.5. The predicted octanol–water partition coefficient (Wildman–Crippen LogP) is 3.10. The molecule has 0 aliphatic rings. The van der Waals surface area contributed by atoms with E-state index >= 15 is 0 Å². The molecule has 2 N–H and O–H groups in total. The van der Waals surface area contributed by atoms with Crippen LogP contribution < -0.4 is 5.73 Å². The van der Waals surface area contributed by atoms with Crippen molar-refractivity contribution < 1.29 is 4.79 Å². The highest BCUT2D eigenvalue weighted by Crippen LogP contribution is 2.07. The number of nitrogens with two attached hydrogens (primary N) is 1. The summed E-state index contributed by atoms with van der Waals surface area (Å²) in [5.41, 5.74) is 7.06. The maximum atomic E-state index is 11.8. The van der Waals surface area contributed by atoms with Crippen LogP contribution in [0.15, 0.2) is 30.3 Å². The number of rotatable bonds is 8. The Morgan fingerprint density at radius 3 is 2.53 bits per heavy atom. The maximum absolute atomic E-state index is 11.8. The van der Waals surface area contributed by atoms with Crippen LogP contribution in [0.5, 0.6) is 0 Å².